The molecular weight excluding hydrogens is 562 g/mol. The van der Waals surface area contributed by atoms with Crippen molar-refractivity contribution in [2.75, 3.05) is 11.5 Å². The molecule has 0 spiro atoms. The lowest BCUT2D eigenvalue weighted by molar-refractivity contribution is -0.384. The van der Waals surface area contributed by atoms with Crippen molar-refractivity contribution in [2.45, 2.75) is 26.2 Å². The van der Waals surface area contributed by atoms with Gasteiger partial charge in [0, 0.05) is 28.6 Å². The first-order valence-corrected chi connectivity index (χ1v) is 14.5. The number of hydrogen-bond acceptors (Lipinski definition) is 8. The molecule has 4 aromatic rings. The van der Waals surface area contributed by atoms with Gasteiger partial charge in [-0.25, -0.2) is 9.78 Å². The first kappa shape index (κ1) is 27.6. The number of benzene rings is 3. The minimum atomic E-state index is -0.742. The number of aromatic nitrogens is 1. The molecular formula is C34H27N3O7. The lowest BCUT2D eigenvalue weighted by Gasteiger charge is -2.19. The maximum Gasteiger partial charge on any atom is 0.339 e. The van der Waals surface area contributed by atoms with Crippen LogP contribution in [0, 0.1) is 40.7 Å². The standard InChI is InChI=1S/C34H27N3O7/c1-18-5-12-27-25(13-18)26(34(41)44-17-29(38)20-3-2-4-24(15-20)37(42)43)16-28(35-27)19-8-10-23(11-9-19)36-32(39)30-21-6-7-22(14-21)31(30)33(36)40/h2-5,8-13,15-16,21-22,30-31H,6-7,14,17H2,1H3. The first-order chi connectivity index (χ1) is 21.2. The number of fused-ring (bicyclic) bond motifs is 6. The molecule has 7 rings (SSSR count). The van der Waals surface area contributed by atoms with Crippen LogP contribution in [0.25, 0.3) is 22.2 Å². The highest BCUT2D eigenvalue weighted by molar-refractivity contribution is 6.22. The van der Waals surface area contributed by atoms with Crippen LogP contribution >= 0.6 is 0 Å². The number of carbonyl (C=O) groups excluding carboxylic acids is 4. The highest BCUT2D eigenvalue weighted by Crippen LogP contribution is 2.56. The number of rotatable bonds is 7. The number of Topliss-reactive ketones (excluding diaryl/α,β-unsaturated/α-hetero) is 1. The molecule has 3 fully saturated rings. The molecule has 2 heterocycles. The summed E-state index contributed by atoms with van der Waals surface area (Å²) < 4.78 is 5.38. The van der Waals surface area contributed by atoms with E-state index in [0.717, 1.165) is 30.9 Å². The summed E-state index contributed by atoms with van der Waals surface area (Å²) in [6.45, 7) is 1.29. The Bertz CT molecular complexity index is 1870. The molecule has 1 saturated heterocycles. The second-order valence-corrected chi connectivity index (χ2v) is 11.8. The van der Waals surface area contributed by atoms with Crippen LogP contribution < -0.4 is 4.90 Å². The molecule has 0 radical (unpaired) electrons. The predicted octanol–water partition coefficient (Wildman–Crippen LogP) is 5.69. The van der Waals surface area contributed by atoms with Crippen molar-refractivity contribution >= 4 is 45.8 Å². The van der Waals surface area contributed by atoms with Gasteiger partial charge in [0.2, 0.25) is 17.6 Å². The van der Waals surface area contributed by atoms with Crippen LogP contribution in [0.4, 0.5) is 11.4 Å². The van der Waals surface area contributed by atoms with Crippen molar-refractivity contribution in [3.8, 4) is 11.3 Å². The minimum Gasteiger partial charge on any atom is -0.454 e. The fourth-order valence-electron chi connectivity index (χ4n) is 7.19. The number of nitro benzene ring substituents is 1. The van der Waals surface area contributed by atoms with Crippen molar-refractivity contribution in [3.05, 3.63) is 99.6 Å². The number of amides is 2. The van der Waals surface area contributed by atoms with E-state index in [2.05, 4.69) is 0 Å². The average Bonchev–Trinajstić information content (AvgIpc) is 3.72. The molecule has 10 heteroatoms. The predicted molar refractivity (Wildman–Crippen MR) is 160 cm³/mol. The van der Waals surface area contributed by atoms with E-state index in [1.165, 1.54) is 23.1 Å². The van der Waals surface area contributed by atoms with E-state index in [9.17, 15) is 29.3 Å². The largest absolute Gasteiger partial charge is 0.454 e. The molecule has 4 unspecified atom stereocenters. The summed E-state index contributed by atoms with van der Waals surface area (Å²) in [5.74, 6) is -1.34. The van der Waals surface area contributed by atoms with Crippen LogP contribution in [-0.2, 0) is 14.3 Å². The van der Waals surface area contributed by atoms with E-state index >= 15 is 0 Å². The summed E-state index contributed by atoms with van der Waals surface area (Å²) in [4.78, 5) is 69.1. The number of nitro groups is 1. The van der Waals surface area contributed by atoms with E-state index in [-0.39, 0.29) is 40.5 Å². The van der Waals surface area contributed by atoms with E-state index < -0.39 is 23.3 Å². The SMILES string of the molecule is Cc1ccc2nc(-c3ccc(N4C(=O)C5C6CCC(C6)C5C4=O)cc3)cc(C(=O)OCC(=O)c3cccc([N+](=O)[O-])c3)c2c1. The number of ketones is 1. The normalized spacial score (nSPS) is 22.0. The topological polar surface area (TPSA) is 137 Å². The molecule has 44 heavy (non-hydrogen) atoms. The number of ether oxygens (including phenoxy) is 1. The molecule has 4 atom stereocenters. The Kier molecular flexibility index (Phi) is 6.57. The third kappa shape index (κ3) is 4.54. The Morgan fingerprint density at radius 3 is 2.34 bits per heavy atom. The van der Waals surface area contributed by atoms with E-state index in [1.807, 2.05) is 19.1 Å². The maximum absolute atomic E-state index is 13.3. The summed E-state index contributed by atoms with van der Waals surface area (Å²) in [6.07, 6.45) is 3.00. The zero-order valence-electron chi connectivity index (χ0n) is 23.8. The summed E-state index contributed by atoms with van der Waals surface area (Å²) in [5, 5.41) is 11.6. The fraction of sp³-hybridized carbons (Fsp3) is 0.265. The van der Waals surface area contributed by atoms with Crippen molar-refractivity contribution in [1.82, 2.24) is 4.98 Å². The van der Waals surface area contributed by atoms with Gasteiger partial charge in [-0.2, -0.15) is 0 Å². The van der Waals surface area contributed by atoms with Gasteiger partial charge in [0.05, 0.1) is 39.2 Å². The van der Waals surface area contributed by atoms with Crippen LogP contribution in [0.1, 0.15) is 45.5 Å². The van der Waals surface area contributed by atoms with Crippen molar-refractivity contribution in [2.24, 2.45) is 23.7 Å². The number of anilines is 1. The molecule has 1 aliphatic heterocycles. The van der Waals surface area contributed by atoms with Crippen molar-refractivity contribution in [1.29, 1.82) is 0 Å². The first-order valence-electron chi connectivity index (χ1n) is 14.5. The van der Waals surface area contributed by atoms with Gasteiger partial charge in [-0.15, -0.1) is 0 Å². The van der Waals surface area contributed by atoms with Gasteiger partial charge in [-0.3, -0.25) is 29.4 Å². The number of nitrogens with zero attached hydrogens (tertiary/aromatic N) is 3. The molecule has 2 bridgehead atoms. The van der Waals surface area contributed by atoms with Crippen molar-refractivity contribution < 1.29 is 28.8 Å². The maximum atomic E-state index is 13.3. The van der Waals surface area contributed by atoms with Gasteiger partial charge in [0.1, 0.15) is 0 Å². The number of hydrogen-bond donors (Lipinski definition) is 0. The van der Waals surface area contributed by atoms with Gasteiger partial charge in [-0.05, 0) is 68.4 Å². The zero-order chi connectivity index (χ0) is 30.7. The van der Waals surface area contributed by atoms with Gasteiger partial charge < -0.3 is 4.74 Å². The molecule has 220 valence electrons. The number of pyridine rings is 1. The molecule has 1 aromatic heterocycles. The number of aryl methyl sites for hydroxylation is 1. The lowest BCUT2D eigenvalue weighted by atomic mass is 9.81. The van der Waals surface area contributed by atoms with Gasteiger partial charge in [-0.1, -0.05) is 35.9 Å². The molecule has 3 aromatic carbocycles. The van der Waals surface area contributed by atoms with E-state index in [0.29, 0.717) is 39.7 Å². The highest BCUT2D eigenvalue weighted by Gasteiger charge is 2.61. The smallest absolute Gasteiger partial charge is 0.339 e. The molecule has 2 aliphatic carbocycles. The van der Waals surface area contributed by atoms with Crippen molar-refractivity contribution in [3.63, 3.8) is 0 Å². The third-order valence-corrected chi connectivity index (χ3v) is 9.25. The Morgan fingerprint density at radius 1 is 0.955 bits per heavy atom. The number of non-ortho nitro benzene ring substituents is 1. The monoisotopic (exact) mass is 589 g/mol. The van der Waals surface area contributed by atoms with Gasteiger partial charge in [0.15, 0.2) is 6.61 Å². The van der Waals surface area contributed by atoms with Crippen LogP contribution in [0.5, 0.6) is 0 Å². The summed E-state index contributed by atoms with van der Waals surface area (Å²) in [6, 6.07) is 19.3. The van der Waals surface area contributed by atoms with Crippen LogP contribution in [0.2, 0.25) is 0 Å². The number of esters is 1. The average molecular weight is 590 g/mol. The summed E-state index contributed by atoms with van der Waals surface area (Å²) >= 11 is 0. The molecule has 0 N–H and O–H groups in total. The fourth-order valence-corrected chi connectivity index (χ4v) is 7.19. The minimum absolute atomic E-state index is 0.0643. The third-order valence-electron chi connectivity index (χ3n) is 9.25. The van der Waals surface area contributed by atoms with E-state index in [4.69, 9.17) is 9.72 Å². The second-order valence-electron chi connectivity index (χ2n) is 11.8. The lowest BCUT2D eigenvalue weighted by Crippen LogP contribution is -2.32. The highest BCUT2D eigenvalue weighted by atomic mass is 16.6. The van der Waals surface area contributed by atoms with Crippen LogP contribution in [0.3, 0.4) is 0 Å². The van der Waals surface area contributed by atoms with Gasteiger partial charge >= 0.3 is 5.97 Å². The number of imide groups is 1. The Balaban J connectivity index is 1.15. The van der Waals surface area contributed by atoms with Crippen LogP contribution in [0.15, 0.2) is 72.8 Å². The summed E-state index contributed by atoms with van der Waals surface area (Å²) in [7, 11) is 0. The Hall–Kier alpha value is -5.25. The second kappa shape index (κ2) is 10.5. The quantitative estimate of drug-likeness (QED) is 0.0881. The van der Waals surface area contributed by atoms with E-state index in [1.54, 1.807) is 36.4 Å². The van der Waals surface area contributed by atoms with Gasteiger partial charge in [0.25, 0.3) is 5.69 Å². The molecule has 2 amide bonds. The summed E-state index contributed by atoms with van der Waals surface area (Å²) in [5.41, 5.74) is 3.14. The van der Waals surface area contributed by atoms with Crippen LogP contribution in [-0.4, -0.2) is 40.1 Å². The molecule has 2 saturated carbocycles. The molecule has 10 nitrogen and oxygen atoms in total. The zero-order valence-corrected chi connectivity index (χ0v) is 23.8. The molecule has 3 aliphatic rings. The number of carbonyl (C=O) groups is 4. The Labute approximate surface area is 251 Å². The Morgan fingerprint density at radius 2 is 1.66 bits per heavy atom.